The van der Waals surface area contributed by atoms with Gasteiger partial charge in [-0.1, -0.05) is 0 Å². The summed E-state index contributed by atoms with van der Waals surface area (Å²) in [5.74, 6) is 0. The van der Waals surface area contributed by atoms with Crippen LogP contribution < -0.4 is 0 Å². The molecule has 0 aliphatic carbocycles. The molecule has 0 fully saturated rings. The topological polar surface area (TPSA) is 37.3 Å². The first-order valence-corrected chi connectivity index (χ1v) is 11.1. The fraction of sp³-hybridized carbons (Fsp3) is 0. The molecular weight excluding hydrogens is 267 g/mol. The van der Waals surface area contributed by atoms with Crippen LogP contribution in [-0.2, 0) is 3.74 Å². The first-order chi connectivity index (χ1) is 2.00. The molecule has 5 heteroatoms. The van der Waals surface area contributed by atoms with Gasteiger partial charge in [0, 0.05) is 0 Å². The van der Waals surface area contributed by atoms with Gasteiger partial charge in [0.05, 0.1) is 0 Å². The Morgan fingerprint density at radius 3 is 1.60 bits per heavy atom. The minimum absolute atomic E-state index is 2.46. The van der Waals surface area contributed by atoms with Crippen molar-refractivity contribution in [2.45, 2.75) is 0 Å². The molecule has 1 N–H and O–H groups in total. The molecule has 0 saturated carbocycles. The molecule has 0 aromatic heterocycles. The quantitative estimate of drug-likeness (QED) is 0.654. The van der Waals surface area contributed by atoms with E-state index in [1.165, 1.54) is 0 Å². The van der Waals surface area contributed by atoms with Crippen LogP contribution in [0.25, 0.3) is 0 Å². The Morgan fingerprint density at radius 1 is 1.60 bits per heavy atom. The molecule has 0 aromatic carbocycles. The molecule has 32 valence electrons. The van der Waals surface area contributed by atoms with E-state index >= 15 is 0 Å². The molecule has 0 heterocycles. The fourth-order valence-electron chi connectivity index (χ4n) is 0. The van der Waals surface area contributed by atoms with Gasteiger partial charge < -0.3 is 0 Å². The normalized spacial score (nSPS) is 11.8. The molecule has 0 atom stereocenters. The van der Waals surface area contributed by atoms with Gasteiger partial charge in [0.25, 0.3) is 0 Å². The molecule has 0 rings (SSSR count). The van der Waals surface area contributed by atoms with Crippen molar-refractivity contribution >= 4 is 38.0 Å². The van der Waals surface area contributed by atoms with Crippen LogP contribution in [0.2, 0.25) is 0 Å². The van der Waals surface area contributed by atoms with E-state index in [4.69, 9.17) is 4.10 Å². The van der Waals surface area contributed by atoms with Crippen LogP contribution in [0.4, 0.5) is 0 Å². The minimum atomic E-state index is -3.50. The van der Waals surface area contributed by atoms with E-state index < -0.39 is 10.1 Å². The average molecular weight is 268 g/mol. The molecule has 0 radical (unpaired) electrons. The first kappa shape index (κ1) is 6.28. The Balaban J connectivity index is 3.47. The second kappa shape index (κ2) is 1.82. The monoisotopic (exact) mass is 266 g/mol. The third kappa shape index (κ3) is 34.7. The third-order valence-corrected chi connectivity index (χ3v) is 0. The van der Waals surface area contributed by atoms with Crippen molar-refractivity contribution in [3.8, 4) is 0 Å². The summed E-state index contributed by atoms with van der Waals surface area (Å²) < 4.78 is 17.6. The zero-order valence-corrected chi connectivity index (χ0v) is 7.11. The van der Waals surface area contributed by atoms with Crippen LogP contribution in [0.15, 0.2) is 0 Å². The van der Waals surface area contributed by atoms with Crippen molar-refractivity contribution in [3.05, 3.63) is 0 Å². The van der Waals surface area contributed by atoms with Gasteiger partial charge in [-0.3, -0.25) is 0 Å². The molecule has 0 aliphatic rings. The summed E-state index contributed by atoms with van der Waals surface area (Å²) in [5, 5.41) is 0. The molecule has 0 saturated heterocycles. The van der Waals surface area contributed by atoms with Crippen LogP contribution >= 0.6 is 27.9 Å². The molecule has 0 unspecified atom stereocenters. The van der Waals surface area contributed by atoms with Crippen molar-refractivity contribution in [1.29, 1.82) is 0 Å². The van der Waals surface area contributed by atoms with Crippen molar-refractivity contribution in [2.24, 2.45) is 0 Å². The summed E-state index contributed by atoms with van der Waals surface area (Å²) in [7, 11) is -3.50. The van der Waals surface area contributed by atoms with E-state index in [1.807, 2.05) is 0 Å². The van der Waals surface area contributed by atoms with Gasteiger partial charge >= 0.3 is 45.8 Å². The second-order valence-electron chi connectivity index (χ2n) is 0.435. The fourth-order valence-corrected chi connectivity index (χ4v) is 0. The van der Waals surface area contributed by atoms with Crippen LogP contribution in [0.1, 0.15) is 0 Å². The number of rotatable bonds is 0. The van der Waals surface area contributed by atoms with Crippen molar-refractivity contribution < 1.29 is 7.84 Å². The summed E-state index contributed by atoms with van der Waals surface area (Å²) >= 11 is 4.93. The third-order valence-electron chi connectivity index (χ3n) is 0. The predicted molar refractivity (Wildman–Crippen MR) is 26.5 cm³/mol. The Bertz CT molecular complexity index is 53.8. The Morgan fingerprint density at radius 2 is 1.60 bits per heavy atom. The second-order valence-corrected chi connectivity index (χ2v) is 17.2. The van der Waals surface area contributed by atoms with Gasteiger partial charge in [-0.2, -0.15) is 0 Å². The molecule has 0 bridgehead atoms. The number of hydrogen-bond donors (Lipinski definition) is 1. The predicted octanol–water partition coefficient (Wildman–Crippen LogP) is 0.635. The van der Waals surface area contributed by atoms with Gasteiger partial charge in [0.1, 0.15) is 0 Å². The summed E-state index contributed by atoms with van der Waals surface area (Å²) in [6, 6.07) is 0. The standard InChI is InChI=1S/AsBr2HO2/c2-1(3,4)5/h(H,4,5). The summed E-state index contributed by atoms with van der Waals surface area (Å²) in [6.07, 6.45) is 0. The molecule has 2 nitrogen and oxygen atoms in total. The van der Waals surface area contributed by atoms with Gasteiger partial charge in [-0.25, -0.2) is 0 Å². The van der Waals surface area contributed by atoms with E-state index in [-0.39, 0.29) is 0 Å². The van der Waals surface area contributed by atoms with Crippen molar-refractivity contribution in [3.63, 3.8) is 0 Å². The maximum absolute atomic E-state index is 9.66. The van der Waals surface area contributed by atoms with E-state index in [0.29, 0.717) is 0 Å². The van der Waals surface area contributed by atoms with E-state index in [1.54, 1.807) is 0 Å². The SMILES string of the molecule is O=[As](O)(Br)Br. The first-order valence-electron chi connectivity index (χ1n) is 0.721. The summed E-state index contributed by atoms with van der Waals surface area (Å²) in [4.78, 5) is 0. The number of halogens is 2. The molecule has 0 spiro atoms. The van der Waals surface area contributed by atoms with Crippen molar-refractivity contribution in [2.75, 3.05) is 0 Å². The van der Waals surface area contributed by atoms with Crippen molar-refractivity contribution in [1.82, 2.24) is 0 Å². The van der Waals surface area contributed by atoms with E-state index in [0.717, 1.165) is 0 Å². The maximum atomic E-state index is 9.66. The Hall–Kier alpha value is 1.28. The Kier molecular flexibility index (Phi) is 2.29. The Labute approximate surface area is 45.7 Å². The zero-order valence-electron chi connectivity index (χ0n) is 2.06. The van der Waals surface area contributed by atoms with Gasteiger partial charge in [0.15, 0.2) is 0 Å². The molecule has 0 amide bonds. The van der Waals surface area contributed by atoms with E-state index in [2.05, 4.69) is 27.9 Å². The summed E-state index contributed by atoms with van der Waals surface area (Å²) in [5.41, 5.74) is 0. The van der Waals surface area contributed by atoms with Crippen LogP contribution in [-0.4, -0.2) is 14.2 Å². The van der Waals surface area contributed by atoms with E-state index in [9.17, 15) is 3.74 Å². The molecule has 0 aliphatic heterocycles. The number of hydrogen-bond acceptors (Lipinski definition) is 1. The molecule has 5 heavy (non-hydrogen) atoms. The molecular formula is HAsBr2O2. The average Bonchev–Trinajstić information content (AvgIpc) is 0.722. The van der Waals surface area contributed by atoms with Gasteiger partial charge in [0.2, 0.25) is 0 Å². The van der Waals surface area contributed by atoms with Crippen LogP contribution in [0, 0.1) is 0 Å². The zero-order chi connectivity index (χ0) is 4.50. The summed E-state index contributed by atoms with van der Waals surface area (Å²) in [6.45, 7) is 0. The molecule has 0 aromatic rings. The van der Waals surface area contributed by atoms with Crippen LogP contribution in [0.5, 0.6) is 0 Å². The van der Waals surface area contributed by atoms with Crippen LogP contribution in [0.3, 0.4) is 0 Å². The van der Waals surface area contributed by atoms with Gasteiger partial charge in [-0.05, 0) is 0 Å². The van der Waals surface area contributed by atoms with Gasteiger partial charge in [-0.15, -0.1) is 0 Å².